The lowest BCUT2D eigenvalue weighted by Gasteiger charge is -2.36. The first-order valence-corrected chi connectivity index (χ1v) is 12.8. The van der Waals surface area contributed by atoms with Crippen LogP contribution >= 0.6 is 34.5 Å². The Morgan fingerprint density at radius 1 is 0.939 bits per heavy atom. The van der Waals surface area contributed by atoms with Crippen molar-refractivity contribution in [1.29, 1.82) is 0 Å². The highest BCUT2D eigenvalue weighted by atomic mass is 35.5. The van der Waals surface area contributed by atoms with Crippen molar-refractivity contribution in [2.24, 2.45) is 0 Å². The van der Waals surface area contributed by atoms with Crippen molar-refractivity contribution in [2.75, 3.05) is 18.0 Å². The number of piperidine rings is 1. The van der Waals surface area contributed by atoms with E-state index in [9.17, 15) is 4.79 Å². The maximum atomic E-state index is 13.9. The van der Waals surface area contributed by atoms with Crippen LogP contribution in [0, 0.1) is 0 Å². The van der Waals surface area contributed by atoms with Gasteiger partial charge >= 0.3 is 0 Å². The van der Waals surface area contributed by atoms with Gasteiger partial charge in [-0.3, -0.25) is 4.79 Å². The van der Waals surface area contributed by atoms with Crippen LogP contribution in [0.5, 0.6) is 0 Å². The number of likely N-dealkylation sites (tertiary alicyclic amines) is 1. The van der Waals surface area contributed by atoms with Crippen LogP contribution in [0.2, 0.25) is 10.0 Å². The van der Waals surface area contributed by atoms with Gasteiger partial charge in [0, 0.05) is 45.2 Å². The van der Waals surface area contributed by atoms with Gasteiger partial charge in [-0.1, -0.05) is 77.8 Å². The third kappa shape index (κ3) is 4.80. The summed E-state index contributed by atoms with van der Waals surface area (Å²) >= 11 is 14.3. The van der Waals surface area contributed by atoms with Crippen LogP contribution in [-0.4, -0.2) is 25.0 Å². The van der Waals surface area contributed by atoms with Crippen molar-refractivity contribution in [2.45, 2.75) is 25.4 Å². The summed E-state index contributed by atoms with van der Waals surface area (Å²) in [7, 11) is 0. The van der Waals surface area contributed by atoms with Crippen molar-refractivity contribution in [3.05, 3.63) is 99.3 Å². The van der Waals surface area contributed by atoms with Gasteiger partial charge in [0.05, 0.1) is 18.1 Å². The molecule has 0 saturated carbocycles. The number of nitrogens with one attached hydrogen (secondary N) is 1. The largest absolute Gasteiger partial charge is 0.331 e. The minimum Gasteiger partial charge on any atom is -0.331 e. The molecule has 3 nitrogen and oxygen atoms in total. The lowest BCUT2D eigenvalue weighted by Crippen LogP contribution is -3.12. The number of halogens is 2. The molecular formula is C27H25Cl2N2OS+. The monoisotopic (exact) mass is 495 g/mol. The lowest BCUT2D eigenvalue weighted by atomic mass is 10.0. The van der Waals surface area contributed by atoms with E-state index >= 15 is 0 Å². The molecule has 0 atom stereocenters. The first-order chi connectivity index (χ1) is 16.1. The van der Waals surface area contributed by atoms with E-state index in [2.05, 4.69) is 30.3 Å². The molecule has 0 unspecified atom stereocenters. The highest BCUT2D eigenvalue weighted by Gasteiger charge is 2.33. The number of nitrogens with zero attached hydrogens (tertiary/aromatic N) is 1. The van der Waals surface area contributed by atoms with E-state index in [4.69, 9.17) is 23.2 Å². The van der Waals surface area contributed by atoms with Crippen LogP contribution in [0.1, 0.15) is 28.1 Å². The fourth-order valence-electron chi connectivity index (χ4n) is 4.70. The molecule has 4 aromatic rings. The Morgan fingerprint density at radius 2 is 1.61 bits per heavy atom. The molecule has 1 N–H and O–H groups in total. The second kappa shape index (κ2) is 9.86. The SMILES string of the molecule is O=C(c1sc2cc(Cl)ccc2c1Cl)N(c1ccccc1)C1CC[NH+](Cc2ccccc2)CC1. The zero-order chi connectivity index (χ0) is 22.8. The summed E-state index contributed by atoms with van der Waals surface area (Å²) in [5.41, 5.74) is 2.28. The van der Waals surface area contributed by atoms with Crippen molar-refractivity contribution < 1.29 is 9.69 Å². The van der Waals surface area contributed by atoms with E-state index in [1.165, 1.54) is 16.9 Å². The van der Waals surface area contributed by atoms with Gasteiger partial charge in [0.15, 0.2) is 0 Å². The average molecular weight is 496 g/mol. The van der Waals surface area contributed by atoms with Crippen LogP contribution in [0.3, 0.4) is 0 Å². The fourth-order valence-corrected chi connectivity index (χ4v) is 6.42. The van der Waals surface area contributed by atoms with Gasteiger partial charge in [-0.05, 0) is 24.3 Å². The van der Waals surface area contributed by atoms with Crippen LogP contribution in [-0.2, 0) is 6.54 Å². The zero-order valence-electron chi connectivity index (χ0n) is 18.1. The highest BCUT2D eigenvalue weighted by molar-refractivity contribution is 7.21. The second-order valence-corrected chi connectivity index (χ2v) is 10.4. The summed E-state index contributed by atoms with van der Waals surface area (Å²) in [6, 6.07) is 26.3. The lowest BCUT2D eigenvalue weighted by molar-refractivity contribution is -0.918. The molecule has 168 valence electrons. The summed E-state index contributed by atoms with van der Waals surface area (Å²) in [5, 5.41) is 2.04. The molecule has 1 fully saturated rings. The molecule has 33 heavy (non-hydrogen) atoms. The Balaban J connectivity index is 1.41. The molecule has 3 aromatic carbocycles. The summed E-state index contributed by atoms with van der Waals surface area (Å²) in [5.74, 6) is -0.0277. The molecule has 0 spiro atoms. The van der Waals surface area contributed by atoms with Crippen molar-refractivity contribution in [1.82, 2.24) is 0 Å². The molecule has 6 heteroatoms. The highest BCUT2D eigenvalue weighted by Crippen LogP contribution is 2.38. The molecule has 1 aromatic heterocycles. The van der Waals surface area contributed by atoms with Crippen LogP contribution in [0.25, 0.3) is 10.1 Å². The summed E-state index contributed by atoms with van der Waals surface area (Å²) in [6.45, 7) is 3.09. The minimum absolute atomic E-state index is 0.0277. The molecule has 2 heterocycles. The van der Waals surface area contributed by atoms with Crippen molar-refractivity contribution >= 4 is 56.2 Å². The summed E-state index contributed by atoms with van der Waals surface area (Å²) in [4.78, 5) is 18.0. The maximum Gasteiger partial charge on any atom is 0.270 e. The number of quaternary nitrogens is 1. The van der Waals surface area contributed by atoms with E-state index < -0.39 is 0 Å². The number of fused-ring (bicyclic) bond motifs is 1. The van der Waals surface area contributed by atoms with Crippen LogP contribution in [0.4, 0.5) is 5.69 Å². The molecule has 1 saturated heterocycles. The number of rotatable bonds is 5. The zero-order valence-corrected chi connectivity index (χ0v) is 20.5. The number of anilines is 1. The third-order valence-electron chi connectivity index (χ3n) is 6.36. The first kappa shape index (κ1) is 22.4. The van der Waals surface area contributed by atoms with Gasteiger partial charge in [-0.15, -0.1) is 11.3 Å². The predicted octanol–water partition coefficient (Wildman–Crippen LogP) is 6.10. The van der Waals surface area contributed by atoms with Crippen molar-refractivity contribution in [3.8, 4) is 0 Å². The number of amides is 1. The molecule has 0 bridgehead atoms. The Bertz CT molecular complexity index is 1250. The van der Waals surface area contributed by atoms with E-state index in [0.717, 1.165) is 48.2 Å². The number of carbonyl (C=O) groups is 1. The minimum atomic E-state index is -0.0277. The Hall–Kier alpha value is -2.37. The van der Waals surface area contributed by atoms with Crippen molar-refractivity contribution in [3.63, 3.8) is 0 Å². The molecule has 5 rings (SSSR count). The smallest absolute Gasteiger partial charge is 0.270 e. The quantitative estimate of drug-likeness (QED) is 0.355. The summed E-state index contributed by atoms with van der Waals surface area (Å²) in [6.07, 6.45) is 1.91. The number of hydrogen-bond donors (Lipinski definition) is 1. The van der Waals surface area contributed by atoms with E-state index in [0.29, 0.717) is 14.9 Å². The van der Waals surface area contributed by atoms with Crippen LogP contribution < -0.4 is 9.80 Å². The van der Waals surface area contributed by atoms with Gasteiger partial charge in [0.25, 0.3) is 5.91 Å². The Morgan fingerprint density at radius 3 is 2.30 bits per heavy atom. The first-order valence-electron chi connectivity index (χ1n) is 11.2. The number of para-hydroxylation sites is 1. The van der Waals surface area contributed by atoms with Gasteiger partial charge < -0.3 is 9.80 Å². The predicted molar refractivity (Wildman–Crippen MR) is 139 cm³/mol. The molecule has 1 aliphatic rings. The summed E-state index contributed by atoms with van der Waals surface area (Å²) < 4.78 is 0.936. The standard InChI is InChI=1S/C27H24Cl2N2OS/c28-20-11-12-23-24(17-20)33-26(25(23)29)27(32)31(21-9-5-2-6-10-21)22-13-15-30(16-14-22)18-19-7-3-1-4-8-19/h1-12,17,22H,13-16,18H2/p+1. The van der Waals surface area contributed by atoms with Gasteiger partial charge in [-0.25, -0.2) is 0 Å². The normalized spacial score (nSPS) is 18.4. The van der Waals surface area contributed by atoms with E-state index in [1.54, 1.807) is 4.90 Å². The van der Waals surface area contributed by atoms with Gasteiger partial charge in [-0.2, -0.15) is 0 Å². The topological polar surface area (TPSA) is 24.8 Å². The fraction of sp³-hybridized carbons (Fsp3) is 0.222. The van der Waals surface area contributed by atoms with Gasteiger partial charge in [0.1, 0.15) is 11.4 Å². The Labute approximate surface area is 208 Å². The average Bonchev–Trinajstić information content (AvgIpc) is 3.17. The molecule has 0 radical (unpaired) electrons. The van der Waals surface area contributed by atoms with Crippen LogP contribution in [0.15, 0.2) is 78.9 Å². The molecular weight excluding hydrogens is 471 g/mol. The molecule has 1 amide bonds. The molecule has 1 aliphatic heterocycles. The second-order valence-electron chi connectivity index (χ2n) is 8.54. The number of thiophene rings is 1. The Kier molecular flexibility index (Phi) is 6.70. The third-order valence-corrected chi connectivity index (χ3v) is 8.24. The number of benzene rings is 3. The number of hydrogen-bond acceptors (Lipinski definition) is 2. The molecule has 0 aliphatic carbocycles. The van der Waals surface area contributed by atoms with Gasteiger partial charge in [0.2, 0.25) is 0 Å². The number of carbonyl (C=O) groups excluding carboxylic acids is 1. The maximum absolute atomic E-state index is 13.9. The van der Waals surface area contributed by atoms with E-state index in [1.807, 2.05) is 53.4 Å². The van der Waals surface area contributed by atoms with E-state index in [-0.39, 0.29) is 11.9 Å².